The summed E-state index contributed by atoms with van der Waals surface area (Å²) in [6, 6.07) is 13.0. The van der Waals surface area contributed by atoms with Gasteiger partial charge in [0.15, 0.2) is 0 Å². The number of esters is 1. The van der Waals surface area contributed by atoms with Crippen LogP contribution in [0.2, 0.25) is 5.02 Å². The number of hydrogen-bond donors (Lipinski definition) is 0. The first-order chi connectivity index (χ1) is 13.1. The number of carbonyl (C=O) groups is 2. The van der Waals surface area contributed by atoms with Crippen LogP contribution in [-0.4, -0.2) is 30.5 Å². The number of halogens is 1. The van der Waals surface area contributed by atoms with Crippen molar-refractivity contribution in [3.8, 4) is 10.4 Å². The number of carbonyl (C=O) groups excluding carboxylic acids is 2. The van der Waals surface area contributed by atoms with Crippen LogP contribution in [0.4, 0.5) is 5.69 Å². The Hall–Kier alpha value is -2.70. The lowest BCUT2D eigenvalue weighted by molar-refractivity contribution is 0.0594. The molecule has 3 heterocycles. The zero-order chi connectivity index (χ0) is 19.0. The van der Waals surface area contributed by atoms with Gasteiger partial charge in [-0.3, -0.25) is 4.79 Å². The molecule has 0 spiro atoms. The highest BCUT2D eigenvalue weighted by Gasteiger charge is 2.28. The van der Waals surface area contributed by atoms with Gasteiger partial charge < -0.3 is 9.64 Å². The van der Waals surface area contributed by atoms with Gasteiger partial charge in [-0.25, -0.2) is 9.78 Å². The van der Waals surface area contributed by atoms with Crippen molar-refractivity contribution in [2.45, 2.75) is 6.42 Å². The van der Waals surface area contributed by atoms with Gasteiger partial charge in [0.2, 0.25) is 0 Å². The van der Waals surface area contributed by atoms with Crippen LogP contribution in [0.15, 0.2) is 48.7 Å². The summed E-state index contributed by atoms with van der Waals surface area (Å²) < 4.78 is 4.65. The lowest BCUT2D eigenvalue weighted by atomic mass is 10.1. The molecule has 0 saturated carbocycles. The van der Waals surface area contributed by atoms with Crippen molar-refractivity contribution in [2.24, 2.45) is 0 Å². The van der Waals surface area contributed by atoms with Crippen LogP contribution in [0.3, 0.4) is 0 Å². The topological polar surface area (TPSA) is 59.5 Å². The molecule has 1 amide bonds. The molecular formula is C20H15ClN2O3S. The van der Waals surface area contributed by atoms with Crippen molar-refractivity contribution in [3.63, 3.8) is 0 Å². The van der Waals surface area contributed by atoms with Crippen LogP contribution in [0.25, 0.3) is 10.4 Å². The number of methoxy groups -OCH3 is 1. The molecule has 27 heavy (non-hydrogen) atoms. The van der Waals surface area contributed by atoms with Gasteiger partial charge in [0.1, 0.15) is 5.69 Å². The van der Waals surface area contributed by atoms with E-state index in [2.05, 4.69) is 15.8 Å². The Morgan fingerprint density at radius 2 is 2.00 bits per heavy atom. The fourth-order valence-electron chi connectivity index (χ4n) is 3.03. The first-order valence-corrected chi connectivity index (χ1v) is 9.51. The minimum atomic E-state index is -0.500. The summed E-state index contributed by atoms with van der Waals surface area (Å²) in [5.74, 6) is -0.547. The minimum absolute atomic E-state index is 0.0471. The second-order valence-electron chi connectivity index (χ2n) is 6.07. The van der Waals surface area contributed by atoms with Gasteiger partial charge in [-0.1, -0.05) is 23.7 Å². The third-order valence-electron chi connectivity index (χ3n) is 4.44. The molecule has 0 aliphatic carbocycles. The number of hydrogen-bond acceptors (Lipinski definition) is 5. The maximum atomic E-state index is 13.0. The summed E-state index contributed by atoms with van der Waals surface area (Å²) in [6.07, 6.45) is 2.30. The van der Waals surface area contributed by atoms with E-state index in [9.17, 15) is 9.59 Å². The van der Waals surface area contributed by atoms with Crippen LogP contribution < -0.4 is 4.90 Å². The molecule has 7 heteroatoms. The highest BCUT2D eigenvalue weighted by Crippen LogP contribution is 2.36. The van der Waals surface area contributed by atoms with Gasteiger partial charge in [-0.2, -0.15) is 0 Å². The van der Waals surface area contributed by atoms with Crippen LogP contribution in [0.1, 0.15) is 25.7 Å². The lowest BCUT2D eigenvalue weighted by Gasteiger charge is -2.26. The van der Waals surface area contributed by atoms with E-state index >= 15 is 0 Å². The fraction of sp³-hybridized carbons (Fsp3) is 0.150. The number of pyridine rings is 1. The molecule has 5 nitrogen and oxygen atoms in total. The zero-order valence-electron chi connectivity index (χ0n) is 14.4. The number of thiophene rings is 1. The molecule has 0 unspecified atom stereocenters. The van der Waals surface area contributed by atoms with E-state index in [1.165, 1.54) is 24.6 Å². The van der Waals surface area contributed by atoms with Crippen molar-refractivity contribution in [1.29, 1.82) is 0 Å². The molecule has 3 aromatic rings. The number of rotatable bonds is 3. The highest BCUT2D eigenvalue weighted by atomic mass is 35.5. The highest BCUT2D eigenvalue weighted by molar-refractivity contribution is 7.17. The third-order valence-corrected chi connectivity index (χ3v) is 5.90. The van der Waals surface area contributed by atoms with E-state index in [-0.39, 0.29) is 11.6 Å². The third kappa shape index (κ3) is 3.34. The molecule has 1 aliphatic rings. The van der Waals surface area contributed by atoms with Gasteiger partial charge in [-0.05, 0) is 47.9 Å². The number of ether oxygens (including phenoxy) is 1. The molecule has 136 valence electrons. The van der Waals surface area contributed by atoms with E-state index in [1.54, 1.807) is 17.0 Å². The minimum Gasteiger partial charge on any atom is -0.464 e. The second kappa shape index (κ2) is 7.13. The zero-order valence-corrected chi connectivity index (χ0v) is 16.0. The molecule has 0 fully saturated rings. The number of aromatic nitrogens is 1. The van der Waals surface area contributed by atoms with E-state index in [0.29, 0.717) is 17.3 Å². The molecule has 2 aromatic heterocycles. The van der Waals surface area contributed by atoms with E-state index in [0.717, 1.165) is 27.3 Å². The number of amides is 1. The van der Waals surface area contributed by atoms with Crippen molar-refractivity contribution >= 4 is 40.5 Å². The number of fused-ring (bicyclic) bond motifs is 1. The average molecular weight is 399 g/mol. The van der Waals surface area contributed by atoms with E-state index in [1.807, 2.05) is 24.3 Å². The Morgan fingerprint density at radius 1 is 1.22 bits per heavy atom. The second-order valence-corrected chi connectivity index (χ2v) is 7.56. The summed E-state index contributed by atoms with van der Waals surface area (Å²) in [5.41, 5.74) is 2.99. The van der Waals surface area contributed by atoms with Gasteiger partial charge in [-0.15, -0.1) is 11.3 Å². The monoisotopic (exact) mass is 398 g/mol. The Bertz CT molecular complexity index is 1010. The quantitative estimate of drug-likeness (QED) is 0.611. The van der Waals surface area contributed by atoms with Gasteiger partial charge in [0.05, 0.1) is 23.9 Å². The Kier molecular flexibility index (Phi) is 4.68. The van der Waals surface area contributed by atoms with Crippen LogP contribution >= 0.6 is 22.9 Å². The molecule has 1 aromatic carbocycles. The molecule has 0 bridgehead atoms. The maximum Gasteiger partial charge on any atom is 0.356 e. The summed E-state index contributed by atoms with van der Waals surface area (Å²) in [4.78, 5) is 32.1. The predicted octanol–water partition coefficient (Wildman–Crippen LogP) is 4.45. The molecule has 4 rings (SSSR count). The van der Waals surface area contributed by atoms with Crippen molar-refractivity contribution < 1.29 is 14.3 Å². The lowest BCUT2D eigenvalue weighted by Crippen LogP contribution is -2.36. The van der Waals surface area contributed by atoms with E-state index in [4.69, 9.17) is 11.6 Å². The first kappa shape index (κ1) is 17.7. The molecule has 0 radical (unpaired) electrons. The van der Waals surface area contributed by atoms with Gasteiger partial charge >= 0.3 is 5.97 Å². The molecule has 0 saturated heterocycles. The number of benzene rings is 1. The Morgan fingerprint density at radius 3 is 2.67 bits per heavy atom. The smallest absolute Gasteiger partial charge is 0.356 e. The molecule has 0 atom stereocenters. The summed E-state index contributed by atoms with van der Waals surface area (Å²) in [6.45, 7) is 0.571. The largest absolute Gasteiger partial charge is 0.464 e. The molecule has 0 N–H and O–H groups in total. The van der Waals surface area contributed by atoms with Crippen LogP contribution in [-0.2, 0) is 11.2 Å². The van der Waals surface area contributed by atoms with Gasteiger partial charge in [0, 0.05) is 16.4 Å². The molecular weight excluding hydrogens is 384 g/mol. The van der Waals surface area contributed by atoms with Crippen LogP contribution in [0.5, 0.6) is 0 Å². The predicted molar refractivity (Wildman–Crippen MR) is 106 cm³/mol. The average Bonchev–Trinajstić information content (AvgIpc) is 3.14. The summed E-state index contributed by atoms with van der Waals surface area (Å²) >= 11 is 7.44. The first-order valence-electron chi connectivity index (χ1n) is 8.31. The van der Waals surface area contributed by atoms with E-state index < -0.39 is 5.97 Å². The van der Waals surface area contributed by atoms with Crippen molar-refractivity contribution in [3.05, 3.63) is 69.8 Å². The SMILES string of the molecule is COC(=O)c1ccc(N2CCc3cc(-c4ccc(Cl)cc4)sc3C2=O)cn1. The summed E-state index contributed by atoms with van der Waals surface area (Å²) in [5, 5.41) is 0.685. The Labute approximate surface area is 165 Å². The number of nitrogens with zero attached hydrogens (tertiary/aromatic N) is 2. The van der Waals surface area contributed by atoms with Crippen molar-refractivity contribution in [2.75, 3.05) is 18.6 Å². The standard InChI is InChI=1S/C20H15ClN2O3S/c1-26-20(25)16-7-6-15(11-22-16)23-9-8-13-10-17(27-18(13)19(23)24)12-2-4-14(21)5-3-12/h2-7,10-11H,8-9H2,1H3. The molecule has 1 aliphatic heterocycles. The number of anilines is 1. The normalized spacial score (nSPS) is 13.4. The fourth-order valence-corrected chi connectivity index (χ4v) is 4.32. The van der Waals surface area contributed by atoms with Crippen LogP contribution in [0, 0.1) is 0 Å². The Balaban J connectivity index is 1.61. The van der Waals surface area contributed by atoms with Crippen molar-refractivity contribution in [1.82, 2.24) is 4.98 Å². The summed E-state index contributed by atoms with van der Waals surface area (Å²) in [7, 11) is 1.31. The maximum absolute atomic E-state index is 13.0. The van der Waals surface area contributed by atoms with Gasteiger partial charge in [0.25, 0.3) is 5.91 Å².